The summed E-state index contributed by atoms with van der Waals surface area (Å²) in [6.07, 6.45) is 0. The maximum atomic E-state index is 13.4. The molecule has 0 atom stereocenters. The third-order valence-electron chi connectivity index (χ3n) is 2.61. The van der Waals surface area contributed by atoms with Gasteiger partial charge in [-0.15, -0.1) is 0 Å². The molecule has 2 aromatic carbocycles. The van der Waals surface area contributed by atoms with Gasteiger partial charge in [0.2, 0.25) is 0 Å². The predicted octanol–water partition coefficient (Wildman–Crippen LogP) is 4.27. The van der Waals surface area contributed by atoms with Gasteiger partial charge in [0.25, 0.3) is 0 Å². The average molecular weight is 311 g/mol. The van der Waals surface area contributed by atoms with Crippen LogP contribution in [0.2, 0.25) is 0 Å². The van der Waals surface area contributed by atoms with Gasteiger partial charge >= 0.3 is 0 Å². The topological polar surface area (TPSA) is 17.1 Å². The highest BCUT2D eigenvalue weighted by atomic mass is 79.9. The standard InChI is InChI=1S/C14H9BrF2O/c1-8-6-10(16)3-4-11(8)14(18)9-2-5-12(15)13(17)7-9/h2-7H,1H3. The van der Waals surface area contributed by atoms with Gasteiger partial charge in [0.15, 0.2) is 5.78 Å². The van der Waals surface area contributed by atoms with E-state index >= 15 is 0 Å². The highest BCUT2D eigenvalue weighted by Crippen LogP contribution is 2.20. The van der Waals surface area contributed by atoms with Gasteiger partial charge in [-0.1, -0.05) is 0 Å². The number of hydrogen-bond acceptors (Lipinski definition) is 1. The minimum Gasteiger partial charge on any atom is -0.289 e. The molecule has 0 heterocycles. The molecule has 0 saturated heterocycles. The number of carbonyl (C=O) groups excluding carboxylic acids is 1. The molecule has 0 aliphatic carbocycles. The number of ketones is 1. The fourth-order valence-corrected chi connectivity index (χ4v) is 1.92. The second-order valence-electron chi connectivity index (χ2n) is 3.92. The van der Waals surface area contributed by atoms with Crippen LogP contribution in [0.25, 0.3) is 0 Å². The molecule has 0 aliphatic rings. The maximum absolute atomic E-state index is 13.4. The Balaban J connectivity index is 2.44. The molecule has 0 fully saturated rings. The van der Waals surface area contributed by atoms with Gasteiger partial charge in [-0.2, -0.15) is 0 Å². The molecular formula is C14H9BrF2O. The zero-order valence-corrected chi connectivity index (χ0v) is 11.1. The van der Waals surface area contributed by atoms with E-state index in [1.165, 1.54) is 30.3 Å². The van der Waals surface area contributed by atoms with Crippen LogP contribution in [0, 0.1) is 18.6 Å². The second-order valence-corrected chi connectivity index (χ2v) is 4.77. The van der Waals surface area contributed by atoms with Crippen molar-refractivity contribution in [2.45, 2.75) is 6.92 Å². The van der Waals surface area contributed by atoms with Crippen molar-refractivity contribution in [3.8, 4) is 0 Å². The lowest BCUT2D eigenvalue weighted by Gasteiger charge is -2.06. The summed E-state index contributed by atoms with van der Waals surface area (Å²) in [5, 5.41) is 0. The fourth-order valence-electron chi connectivity index (χ4n) is 1.67. The number of halogens is 3. The van der Waals surface area contributed by atoms with E-state index in [1.807, 2.05) is 0 Å². The van der Waals surface area contributed by atoms with Gasteiger partial charge in [-0.05, 0) is 64.8 Å². The van der Waals surface area contributed by atoms with Crippen LogP contribution in [-0.2, 0) is 0 Å². The zero-order chi connectivity index (χ0) is 13.3. The summed E-state index contributed by atoms with van der Waals surface area (Å²) in [4.78, 5) is 12.1. The van der Waals surface area contributed by atoms with Crippen molar-refractivity contribution in [2.24, 2.45) is 0 Å². The zero-order valence-electron chi connectivity index (χ0n) is 9.51. The largest absolute Gasteiger partial charge is 0.289 e. The molecule has 0 N–H and O–H groups in total. The van der Waals surface area contributed by atoms with Gasteiger partial charge in [0.05, 0.1) is 4.47 Å². The molecule has 0 radical (unpaired) electrons. The van der Waals surface area contributed by atoms with Crippen molar-refractivity contribution in [3.05, 3.63) is 69.2 Å². The summed E-state index contributed by atoms with van der Waals surface area (Å²) in [7, 11) is 0. The average Bonchev–Trinajstić information content (AvgIpc) is 2.32. The van der Waals surface area contributed by atoms with Gasteiger partial charge in [-0.25, -0.2) is 8.78 Å². The summed E-state index contributed by atoms with van der Waals surface area (Å²) in [5.74, 6) is -1.22. The Hall–Kier alpha value is -1.55. The lowest BCUT2D eigenvalue weighted by molar-refractivity contribution is 0.103. The number of carbonyl (C=O) groups is 1. The molecule has 0 bridgehead atoms. The molecule has 18 heavy (non-hydrogen) atoms. The second kappa shape index (κ2) is 4.98. The van der Waals surface area contributed by atoms with Crippen LogP contribution in [0.3, 0.4) is 0 Å². The summed E-state index contributed by atoms with van der Waals surface area (Å²) in [6, 6.07) is 8.07. The molecule has 0 spiro atoms. The normalized spacial score (nSPS) is 10.4. The van der Waals surface area contributed by atoms with E-state index in [0.29, 0.717) is 15.6 Å². The summed E-state index contributed by atoms with van der Waals surface area (Å²) < 4.78 is 26.6. The summed E-state index contributed by atoms with van der Waals surface area (Å²) >= 11 is 3.02. The number of aryl methyl sites for hydroxylation is 1. The van der Waals surface area contributed by atoms with Gasteiger partial charge < -0.3 is 0 Å². The van der Waals surface area contributed by atoms with Crippen molar-refractivity contribution in [1.82, 2.24) is 0 Å². The van der Waals surface area contributed by atoms with Gasteiger partial charge in [0.1, 0.15) is 11.6 Å². The SMILES string of the molecule is Cc1cc(F)ccc1C(=O)c1ccc(Br)c(F)c1. The Morgan fingerprint density at radius 1 is 1.11 bits per heavy atom. The maximum Gasteiger partial charge on any atom is 0.193 e. The van der Waals surface area contributed by atoms with E-state index < -0.39 is 11.6 Å². The Bertz CT molecular complexity index is 623. The highest BCUT2D eigenvalue weighted by Gasteiger charge is 2.13. The van der Waals surface area contributed by atoms with E-state index in [-0.39, 0.29) is 11.3 Å². The Morgan fingerprint density at radius 2 is 1.83 bits per heavy atom. The van der Waals surface area contributed by atoms with Crippen LogP contribution >= 0.6 is 15.9 Å². The van der Waals surface area contributed by atoms with Crippen LogP contribution in [0.1, 0.15) is 21.5 Å². The van der Waals surface area contributed by atoms with Gasteiger partial charge in [0, 0.05) is 11.1 Å². The predicted molar refractivity (Wildman–Crippen MR) is 68.7 cm³/mol. The molecule has 4 heteroatoms. The van der Waals surface area contributed by atoms with Crippen molar-refractivity contribution < 1.29 is 13.6 Å². The van der Waals surface area contributed by atoms with Crippen molar-refractivity contribution >= 4 is 21.7 Å². The summed E-state index contributed by atoms with van der Waals surface area (Å²) in [5.41, 5.74) is 1.15. The molecular weight excluding hydrogens is 302 g/mol. The van der Waals surface area contributed by atoms with E-state index in [4.69, 9.17) is 0 Å². The number of rotatable bonds is 2. The van der Waals surface area contributed by atoms with E-state index in [9.17, 15) is 13.6 Å². The van der Waals surface area contributed by atoms with Gasteiger partial charge in [-0.3, -0.25) is 4.79 Å². The molecule has 0 amide bonds. The smallest absolute Gasteiger partial charge is 0.193 e. The minimum atomic E-state index is -0.499. The van der Waals surface area contributed by atoms with Crippen LogP contribution in [0.5, 0.6) is 0 Å². The number of hydrogen-bond donors (Lipinski definition) is 0. The Kier molecular flexibility index (Phi) is 3.57. The first kappa shape index (κ1) is 12.9. The molecule has 2 aromatic rings. The molecule has 92 valence electrons. The minimum absolute atomic E-state index is 0.241. The van der Waals surface area contributed by atoms with E-state index in [2.05, 4.69) is 15.9 Å². The Labute approximate surface area is 112 Å². The molecule has 1 nitrogen and oxygen atoms in total. The first-order valence-electron chi connectivity index (χ1n) is 5.25. The molecule has 0 aromatic heterocycles. The fraction of sp³-hybridized carbons (Fsp3) is 0.0714. The van der Waals surface area contributed by atoms with Crippen LogP contribution in [-0.4, -0.2) is 5.78 Å². The quantitative estimate of drug-likeness (QED) is 0.757. The van der Waals surface area contributed by atoms with Crippen molar-refractivity contribution in [2.75, 3.05) is 0 Å². The third kappa shape index (κ3) is 2.48. The van der Waals surface area contributed by atoms with Crippen molar-refractivity contribution in [3.63, 3.8) is 0 Å². The molecule has 0 unspecified atom stereocenters. The number of benzene rings is 2. The summed E-state index contributed by atoms with van der Waals surface area (Å²) in [6.45, 7) is 1.64. The van der Waals surface area contributed by atoms with Crippen molar-refractivity contribution in [1.29, 1.82) is 0 Å². The Morgan fingerprint density at radius 3 is 2.44 bits per heavy atom. The van der Waals surface area contributed by atoms with Crippen LogP contribution < -0.4 is 0 Å². The first-order chi connectivity index (χ1) is 8.49. The monoisotopic (exact) mass is 310 g/mol. The lowest BCUT2D eigenvalue weighted by Crippen LogP contribution is -2.04. The van der Waals surface area contributed by atoms with Crippen LogP contribution in [0.4, 0.5) is 8.78 Å². The lowest BCUT2D eigenvalue weighted by atomic mass is 9.99. The first-order valence-corrected chi connectivity index (χ1v) is 6.04. The molecule has 2 rings (SSSR count). The third-order valence-corrected chi connectivity index (χ3v) is 3.26. The van der Waals surface area contributed by atoms with E-state index in [1.54, 1.807) is 6.92 Å². The highest BCUT2D eigenvalue weighted by molar-refractivity contribution is 9.10. The molecule has 0 saturated carbocycles. The molecule has 0 aliphatic heterocycles. The van der Waals surface area contributed by atoms with Crippen LogP contribution in [0.15, 0.2) is 40.9 Å². The van der Waals surface area contributed by atoms with E-state index in [0.717, 1.165) is 6.07 Å².